The van der Waals surface area contributed by atoms with Crippen molar-refractivity contribution in [1.82, 2.24) is 9.97 Å². The Morgan fingerprint density at radius 1 is 1.05 bits per heavy atom. The fraction of sp³-hybridized carbons (Fsp3) is 0.333. The van der Waals surface area contributed by atoms with Crippen molar-refractivity contribution in [2.24, 2.45) is 0 Å². The van der Waals surface area contributed by atoms with E-state index in [1.54, 1.807) is 0 Å². The lowest BCUT2D eigenvalue weighted by molar-refractivity contribution is 0.944. The Labute approximate surface area is 128 Å². The largest absolute Gasteiger partial charge is 0.373 e. The van der Waals surface area contributed by atoms with Crippen molar-refractivity contribution in [3.63, 3.8) is 0 Å². The Bertz CT molecular complexity index is 576. The zero-order valence-electron chi connectivity index (χ0n) is 12.0. The molecule has 0 atom stereocenters. The molecule has 1 heterocycles. The maximum absolute atomic E-state index is 4.52. The zero-order chi connectivity index (χ0) is 14.5. The van der Waals surface area contributed by atoms with Gasteiger partial charge in [-0.15, -0.1) is 0 Å². The van der Waals surface area contributed by atoms with Crippen molar-refractivity contribution in [2.75, 3.05) is 17.7 Å². The van der Waals surface area contributed by atoms with Gasteiger partial charge in [0.15, 0.2) is 0 Å². The van der Waals surface area contributed by atoms with Crippen LogP contribution in [0, 0.1) is 0 Å². The molecule has 4 nitrogen and oxygen atoms in total. The molecule has 20 heavy (non-hydrogen) atoms. The van der Waals surface area contributed by atoms with E-state index < -0.39 is 0 Å². The summed E-state index contributed by atoms with van der Waals surface area (Å²) < 4.78 is 1.09. The molecular formula is C15H19BrN4. The van der Waals surface area contributed by atoms with Gasteiger partial charge in [0.05, 0.1) is 0 Å². The van der Waals surface area contributed by atoms with Crippen molar-refractivity contribution in [1.29, 1.82) is 0 Å². The number of nitrogens with zero attached hydrogens (tertiary/aromatic N) is 2. The predicted molar refractivity (Wildman–Crippen MR) is 87.8 cm³/mol. The molecule has 0 radical (unpaired) electrons. The van der Waals surface area contributed by atoms with Crippen molar-refractivity contribution in [3.05, 3.63) is 40.1 Å². The summed E-state index contributed by atoms with van der Waals surface area (Å²) in [5.74, 6) is 2.47. The topological polar surface area (TPSA) is 49.8 Å². The van der Waals surface area contributed by atoms with Gasteiger partial charge in [-0.1, -0.05) is 29.8 Å². The molecule has 0 saturated carbocycles. The highest BCUT2D eigenvalue weighted by atomic mass is 79.9. The van der Waals surface area contributed by atoms with Gasteiger partial charge in [0, 0.05) is 29.7 Å². The summed E-state index contributed by atoms with van der Waals surface area (Å²) in [6.07, 6.45) is 1.78. The zero-order valence-corrected chi connectivity index (χ0v) is 13.6. The van der Waals surface area contributed by atoms with E-state index in [-0.39, 0.29) is 0 Å². The van der Waals surface area contributed by atoms with E-state index in [1.165, 1.54) is 5.56 Å². The van der Waals surface area contributed by atoms with Crippen LogP contribution in [-0.2, 0) is 12.8 Å². The number of hydrogen-bond donors (Lipinski definition) is 2. The Kier molecular flexibility index (Phi) is 4.95. The molecule has 0 saturated heterocycles. The highest BCUT2D eigenvalue weighted by Crippen LogP contribution is 2.25. The van der Waals surface area contributed by atoms with Gasteiger partial charge in [0.1, 0.15) is 17.5 Å². The molecule has 106 valence electrons. The van der Waals surface area contributed by atoms with Crippen molar-refractivity contribution < 1.29 is 0 Å². The summed E-state index contributed by atoms with van der Waals surface area (Å²) in [6.45, 7) is 4.19. The van der Waals surface area contributed by atoms with Crippen molar-refractivity contribution in [2.45, 2.75) is 26.7 Å². The molecule has 1 aromatic carbocycles. The first-order valence-corrected chi connectivity index (χ1v) is 7.56. The summed E-state index contributed by atoms with van der Waals surface area (Å²) in [5.41, 5.74) is 2.33. The van der Waals surface area contributed by atoms with Crippen molar-refractivity contribution >= 4 is 33.3 Å². The second-order valence-corrected chi connectivity index (χ2v) is 5.35. The highest BCUT2D eigenvalue weighted by molar-refractivity contribution is 9.10. The van der Waals surface area contributed by atoms with Gasteiger partial charge in [-0.2, -0.15) is 0 Å². The molecule has 0 spiro atoms. The van der Waals surface area contributed by atoms with Gasteiger partial charge < -0.3 is 10.6 Å². The summed E-state index contributed by atoms with van der Waals surface area (Å²) >= 11 is 3.50. The van der Waals surface area contributed by atoms with Gasteiger partial charge in [0.2, 0.25) is 0 Å². The van der Waals surface area contributed by atoms with Crippen LogP contribution >= 0.6 is 15.9 Å². The lowest BCUT2D eigenvalue weighted by Crippen LogP contribution is -2.04. The number of halogens is 1. The van der Waals surface area contributed by atoms with Gasteiger partial charge in [0.25, 0.3) is 0 Å². The Morgan fingerprint density at radius 2 is 1.80 bits per heavy atom. The Balaban J connectivity index is 2.34. The molecule has 0 amide bonds. The number of benzene rings is 1. The lowest BCUT2D eigenvalue weighted by Gasteiger charge is -2.12. The van der Waals surface area contributed by atoms with E-state index in [1.807, 2.05) is 19.2 Å². The van der Waals surface area contributed by atoms with Gasteiger partial charge >= 0.3 is 0 Å². The third-order valence-corrected chi connectivity index (χ3v) is 3.55. The number of aryl methyl sites for hydroxylation is 2. The molecule has 2 aromatic rings. The first-order valence-electron chi connectivity index (χ1n) is 6.77. The molecule has 0 aliphatic heterocycles. The first kappa shape index (κ1) is 14.8. The van der Waals surface area contributed by atoms with Crippen LogP contribution in [0.25, 0.3) is 0 Å². The van der Waals surface area contributed by atoms with E-state index in [2.05, 4.69) is 62.5 Å². The lowest BCUT2D eigenvalue weighted by atomic mass is 10.1. The predicted octanol–water partition coefficient (Wildman–Crippen LogP) is 4.15. The quantitative estimate of drug-likeness (QED) is 0.862. The number of hydrogen-bond acceptors (Lipinski definition) is 4. The molecular weight excluding hydrogens is 316 g/mol. The molecule has 5 heteroatoms. The van der Waals surface area contributed by atoms with Crippen LogP contribution in [0.1, 0.15) is 25.2 Å². The third kappa shape index (κ3) is 3.48. The number of nitrogens with one attached hydrogen (secondary N) is 2. The molecule has 2 rings (SSSR count). The minimum atomic E-state index is 0.811. The molecule has 0 bridgehead atoms. The summed E-state index contributed by atoms with van der Waals surface area (Å²) in [7, 11) is 1.86. The number of rotatable bonds is 5. The van der Waals surface area contributed by atoms with Gasteiger partial charge in [-0.3, -0.25) is 0 Å². The van der Waals surface area contributed by atoms with Crippen LogP contribution in [-0.4, -0.2) is 17.0 Å². The third-order valence-electron chi connectivity index (χ3n) is 3.06. The van der Waals surface area contributed by atoms with E-state index >= 15 is 0 Å². The van der Waals surface area contributed by atoms with E-state index in [4.69, 9.17) is 0 Å². The van der Waals surface area contributed by atoms with E-state index in [9.17, 15) is 0 Å². The first-order chi connectivity index (χ1) is 9.66. The average molecular weight is 335 g/mol. The summed E-state index contributed by atoms with van der Waals surface area (Å²) in [5, 5.41) is 6.46. The van der Waals surface area contributed by atoms with Crippen LogP contribution in [0.4, 0.5) is 17.3 Å². The molecule has 0 unspecified atom stereocenters. The molecule has 1 aromatic heterocycles. The highest BCUT2D eigenvalue weighted by Gasteiger charge is 2.06. The minimum absolute atomic E-state index is 0.811. The fourth-order valence-corrected chi connectivity index (χ4v) is 2.37. The maximum atomic E-state index is 4.52. The van der Waals surface area contributed by atoms with Crippen LogP contribution in [0.2, 0.25) is 0 Å². The molecule has 0 aliphatic rings. The van der Waals surface area contributed by atoms with E-state index in [0.717, 1.165) is 40.5 Å². The standard InChI is InChI=1S/C15H19BrN4/c1-4-10-8-11(16)6-7-12(10)18-15-9-14(17-3)19-13(5-2)20-15/h6-9H,4-5H2,1-3H3,(H2,17,18,19,20). The SMILES string of the molecule is CCc1nc(NC)cc(Nc2ccc(Br)cc2CC)n1. The van der Waals surface area contributed by atoms with Crippen LogP contribution in [0.15, 0.2) is 28.7 Å². The minimum Gasteiger partial charge on any atom is -0.373 e. The summed E-state index contributed by atoms with van der Waals surface area (Å²) in [4.78, 5) is 8.92. The van der Waals surface area contributed by atoms with E-state index in [0.29, 0.717) is 0 Å². The molecule has 0 fully saturated rings. The number of anilines is 3. The second kappa shape index (κ2) is 6.70. The second-order valence-electron chi connectivity index (χ2n) is 4.44. The smallest absolute Gasteiger partial charge is 0.136 e. The van der Waals surface area contributed by atoms with Crippen molar-refractivity contribution in [3.8, 4) is 0 Å². The fourth-order valence-electron chi connectivity index (χ4n) is 1.96. The average Bonchev–Trinajstić information content (AvgIpc) is 2.48. The van der Waals surface area contributed by atoms with Crippen LogP contribution in [0.5, 0.6) is 0 Å². The monoisotopic (exact) mass is 334 g/mol. The summed E-state index contributed by atoms with van der Waals surface area (Å²) in [6, 6.07) is 8.14. The Morgan fingerprint density at radius 3 is 2.45 bits per heavy atom. The molecule has 0 aliphatic carbocycles. The maximum Gasteiger partial charge on any atom is 0.136 e. The number of aromatic nitrogens is 2. The van der Waals surface area contributed by atoms with Crippen LogP contribution in [0.3, 0.4) is 0 Å². The van der Waals surface area contributed by atoms with Gasteiger partial charge in [-0.05, 0) is 30.2 Å². The normalized spacial score (nSPS) is 10.4. The van der Waals surface area contributed by atoms with Gasteiger partial charge in [-0.25, -0.2) is 9.97 Å². The Hall–Kier alpha value is -1.62. The molecule has 2 N–H and O–H groups in total. The van der Waals surface area contributed by atoms with Crippen LogP contribution < -0.4 is 10.6 Å².